The maximum absolute atomic E-state index is 12.7. The van der Waals surface area contributed by atoms with Crippen LogP contribution in [0.4, 0.5) is 9.80 Å². The standard InChI is InChI=1S/C23H27N3O4S2/c1-3-17-14-18(22(32-17)24-21(27)19-6-5-12-30-19)20(16-7-13-31-15-16)25-8-10-26(11-9-25)23(28)29-4-2/h5-7,12-15,20H,3-4,8-11H2,1-2H3,(H,24,27). The highest BCUT2D eigenvalue weighted by Gasteiger charge is 2.31. The average molecular weight is 474 g/mol. The van der Waals surface area contributed by atoms with Gasteiger partial charge in [0.2, 0.25) is 0 Å². The van der Waals surface area contributed by atoms with Crippen LogP contribution in [0, 0.1) is 0 Å². The second-order valence-electron chi connectivity index (χ2n) is 7.46. The molecule has 0 spiro atoms. The summed E-state index contributed by atoms with van der Waals surface area (Å²) < 4.78 is 10.4. The van der Waals surface area contributed by atoms with Crippen LogP contribution in [0.15, 0.2) is 45.7 Å². The van der Waals surface area contributed by atoms with Crippen molar-refractivity contribution in [3.8, 4) is 0 Å². The van der Waals surface area contributed by atoms with E-state index >= 15 is 0 Å². The Morgan fingerprint density at radius 1 is 1.22 bits per heavy atom. The van der Waals surface area contributed by atoms with Gasteiger partial charge in [-0.25, -0.2) is 4.79 Å². The Morgan fingerprint density at radius 3 is 2.66 bits per heavy atom. The summed E-state index contributed by atoms with van der Waals surface area (Å²) in [7, 11) is 0. The summed E-state index contributed by atoms with van der Waals surface area (Å²) in [6.45, 7) is 6.98. The fraction of sp³-hybridized carbons (Fsp3) is 0.391. The van der Waals surface area contributed by atoms with Gasteiger partial charge in [-0.05, 0) is 53.9 Å². The van der Waals surface area contributed by atoms with Crippen LogP contribution in [0.25, 0.3) is 0 Å². The van der Waals surface area contributed by atoms with Gasteiger partial charge in [0.15, 0.2) is 5.76 Å². The fourth-order valence-corrected chi connectivity index (χ4v) is 5.60. The van der Waals surface area contributed by atoms with Crippen LogP contribution in [0.3, 0.4) is 0 Å². The van der Waals surface area contributed by atoms with E-state index < -0.39 is 0 Å². The van der Waals surface area contributed by atoms with E-state index in [-0.39, 0.29) is 23.8 Å². The summed E-state index contributed by atoms with van der Waals surface area (Å²) in [6, 6.07) is 7.69. The number of thiophene rings is 2. The van der Waals surface area contributed by atoms with Gasteiger partial charge in [-0.15, -0.1) is 11.3 Å². The lowest BCUT2D eigenvalue weighted by molar-refractivity contribution is 0.0716. The molecule has 0 bridgehead atoms. The summed E-state index contributed by atoms with van der Waals surface area (Å²) >= 11 is 3.26. The smallest absolute Gasteiger partial charge is 0.409 e. The van der Waals surface area contributed by atoms with E-state index in [1.54, 1.807) is 39.7 Å². The Hall–Kier alpha value is -2.62. The Bertz CT molecular complexity index is 1020. The monoisotopic (exact) mass is 473 g/mol. The van der Waals surface area contributed by atoms with Crippen molar-refractivity contribution in [2.24, 2.45) is 0 Å². The number of nitrogens with zero attached hydrogens (tertiary/aromatic N) is 2. The van der Waals surface area contributed by atoms with Crippen LogP contribution in [-0.4, -0.2) is 54.6 Å². The molecule has 1 aliphatic rings. The van der Waals surface area contributed by atoms with Crippen LogP contribution in [0.1, 0.15) is 46.4 Å². The molecule has 0 aromatic carbocycles. The number of hydrogen-bond acceptors (Lipinski definition) is 7. The molecule has 1 atom stereocenters. The number of carbonyl (C=O) groups excluding carboxylic acids is 2. The van der Waals surface area contributed by atoms with Gasteiger partial charge in [0.25, 0.3) is 5.91 Å². The minimum atomic E-state index is -0.255. The largest absolute Gasteiger partial charge is 0.459 e. The number of amides is 2. The Morgan fingerprint density at radius 2 is 2.03 bits per heavy atom. The average Bonchev–Trinajstić information content (AvgIpc) is 3.58. The van der Waals surface area contributed by atoms with Gasteiger partial charge in [-0.2, -0.15) is 11.3 Å². The van der Waals surface area contributed by atoms with Gasteiger partial charge in [0, 0.05) is 36.6 Å². The number of piperazine rings is 1. The maximum atomic E-state index is 12.7. The quantitative estimate of drug-likeness (QED) is 0.518. The molecule has 1 fully saturated rings. The van der Waals surface area contributed by atoms with Gasteiger partial charge < -0.3 is 19.4 Å². The van der Waals surface area contributed by atoms with Crippen LogP contribution >= 0.6 is 22.7 Å². The third kappa shape index (κ3) is 4.90. The van der Waals surface area contributed by atoms with Crippen molar-refractivity contribution in [3.05, 3.63) is 63.1 Å². The molecule has 4 heterocycles. The van der Waals surface area contributed by atoms with E-state index in [4.69, 9.17) is 9.15 Å². The number of ether oxygens (including phenoxy) is 1. The van der Waals surface area contributed by atoms with Crippen LogP contribution < -0.4 is 5.32 Å². The first-order chi connectivity index (χ1) is 15.6. The van der Waals surface area contributed by atoms with Crippen molar-refractivity contribution >= 4 is 39.7 Å². The van der Waals surface area contributed by atoms with Gasteiger partial charge in [0.1, 0.15) is 5.00 Å². The first-order valence-corrected chi connectivity index (χ1v) is 12.5. The normalized spacial score (nSPS) is 15.5. The molecular formula is C23H27N3O4S2. The van der Waals surface area contributed by atoms with E-state index in [0.29, 0.717) is 19.7 Å². The summed E-state index contributed by atoms with van der Waals surface area (Å²) in [5, 5.41) is 8.14. The Balaban J connectivity index is 1.61. The minimum Gasteiger partial charge on any atom is -0.459 e. The van der Waals surface area contributed by atoms with Crippen molar-refractivity contribution in [1.82, 2.24) is 9.80 Å². The predicted molar refractivity (Wildman–Crippen MR) is 127 cm³/mol. The molecule has 170 valence electrons. The molecule has 7 nitrogen and oxygen atoms in total. The summed E-state index contributed by atoms with van der Waals surface area (Å²) in [4.78, 5) is 30.2. The number of carbonyl (C=O) groups is 2. The number of aryl methyl sites for hydroxylation is 1. The molecule has 1 N–H and O–H groups in total. The first-order valence-electron chi connectivity index (χ1n) is 10.8. The molecule has 3 aromatic heterocycles. The summed E-state index contributed by atoms with van der Waals surface area (Å²) in [6.07, 6.45) is 2.13. The zero-order valence-electron chi connectivity index (χ0n) is 18.2. The number of rotatable bonds is 7. The van der Waals surface area contributed by atoms with E-state index in [1.807, 2.05) is 6.92 Å². The summed E-state index contributed by atoms with van der Waals surface area (Å²) in [5.74, 6) is 0.0366. The minimum absolute atomic E-state index is 0.00551. The van der Waals surface area contributed by atoms with Crippen molar-refractivity contribution in [2.75, 3.05) is 38.1 Å². The third-order valence-corrected chi connectivity index (χ3v) is 7.40. The number of hydrogen-bond donors (Lipinski definition) is 1. The molecule has 0 aliphatic carbocycles. The number of anilines is 1. The maximum Gasteiger partial charge on any atom is 0.409 e. The fourth-order valence-electron chi connectivity index (χ4n) is 3.90. The van der Waals surface area contributed by atoms with Crippen molar-refractivity contribution in [2.45, 2.75) is 26.3 Å². The lowest BCUT2D eigenvalue weighted by Crippen LogP contribution is -2.50. The SMILES string of the molecule is CCOC(=O)N1CCN(C(c2ccsc2)c2cc(CC)sc2NC(=O)c2ccco2)CC1. The highest BCUT2D eigenvalue weighted by molar-refractivity contribution is 7.16. The van der Waals surface area contributed by atoms with Gasteiger partial charge >= 0.3 is 6.09 Å². The topological polar surface area (TPSA) is 75.0 Å². The van der Waals surface area contributed by atoms with Crippen molar-refractivity contribution < 1.29 is 18.7 Å². The molecule has 1 unspecified atom stereocenters. The van der Waals surface area contributed by atoms with Crippen molar-refractivity contribution in [1.29, 1.82) is 0 Å². The highest BCUT2D eigenvalue weighted by Crippen LogP contribution is 2.40. The Kier molecular flexibility index (Phi) is 7.29. The van der Waals surface area contributed by atoms with Gasteiger partial charge in [0.05, 0.1) is 18.9 Å². The second-order valence-corrected chi connectivity index (χ2v) is 9.38. The van der Waals surface area contributed by atoms with E-state index in [1.165, 1.54) is 16.7 Å². The molecule has 32 heavy (non-hydrogen) atoms. The van der Waals surface area contributed by atoms with Crippen LogP contribution in [-0.2, 0) is 11.2 Å². The first kappa shape index (κ1) is 22.6. The van der Waals surface area contributed by atoms with Crippen LogP contribution in [0.2, 0.25) is 0 Å². The lowest BCUT2D eigenvalue weighted by Gasteiger charge is -2.39. The van der Waals surface area contributed by atoms with E-state index in [9.17, 15) is 9.59 Å². The molecule has 0 saturated carbocycles. The highest BCUT2D eigenvalue weighted by atomic mass is 32.1. The molecule has 2 amide bonds. The number of nitrogens with one attached hydrogen (secondary N) is 1. The predicted octanol–water partition coefficient (Wildman–Crippen LogP) is 5.08. The number of furan rings is 1. The van der Waals surface area contributed by atoms with Crippen LogP contribution in [0.5, 0.6) is 0 Å². The lowest BCUT2D eigenvalue weighted by atomic mass is 10.00. The van der Waals surface area contributed by atoms with Gasteiger partial charge in [-0.3, -0.25) is 9.69 Å². The molecule has 1 saturated heterocycles. The van der Waals surface area contributed by atoms with E-state index in [0.717, 1.165) is 30.1 Å². The molecule has 3 aromatic rings. The zero-order chi connectivity index (χ0) is 22.5. The molecular weight excluding hydrogens is 446 g/mol. The molecule has 1 aliphatic heterocycles. The van der Waals surface area contributed by atoms with Gasteiger partial charge in [-0.1, -0.05) is 6.92 Å². The summed E-state index contributed by atoms with van der Waals surface area (Å²) in [5.41, 5.74) is 2.27. The zero-order valence-corrected chi connectivity index (χ0v) is 19.8. The van der Waals surface area contributed by atoms with Crippen molar-refractivity contribution in [3.63, 3.8) is 0 Å². The molecule has 4 rings (SSSR count). The Labute approximate surface area is 195 Å². The molecule has 9 heteroatoms. The molecule has 0 radical (unpaired) electrons. The third-order valence-electron chi connectivity index (χ3n) is 5.49. The van der Waals surface area contributed by atoms with E-state index in [2.05, 4.69) is 40.0 Å². The second kappa shape index (κ2) is 10.3.